The molecule has 94 valence electrons. The molecule has 0 bridgehead atoms. The Labute approximate surface area is 107 Å². The molecule has 1 saturated carbocycles. The van der Waals surface area contributed by atoms with Gasteiger partial charge in [0.25, 0.3) is 0 Å². The van der Waals surface area contributed by atoms with Crippen molar-refractivity contribution in [3.63, 3.8) is 0 Å². The van der Waals surface area contributed by atoms with Gasteiger partial charge in [-0.25, -0.2) is 0 Å². The van der Waals surface area contributed by atoms with Gasteiger partial charge in [0.15, 0.2) is 0 Å². The first-order valence-corrected chi connectivity index (χ1v) is 6.79. The monoisotopic (exact) mass is 254 g/mol. The molecule has 0 aromatic carbocycles. The third-order valence-corrected chi connectivity index (χ3v) is 3.71. The smallest absolute Gasteiger partial charge is 0.139 e. The van der Waals surface area contributed by atoms with Gasteiger partial charge in [0, 0.05) is 19.4 Å². The van der Waals surface area contributed by atoms with Crippen molar-refractivity contribution >= 4 is 17.4 Å². The van der Waals surface area contributed by atoms with Crippen molar-refractivity contribution in [2.24, 2.45) is 5.92 Å². The Balaban J connectivity index is 2.11. The van der Waals surface area contributed by atoms with Crippen molar-refractivity contribution in [1.29, 1.82) is 0 Å². The first-order chi connectivity index (χ1) is 8.15. The molecule has 17 heavy (non-hydrogen) atoms. The van der Waals surface area contributed by atoms with Crippen LogP contribution in [0.5, 0.6) is 0 Å². The summed E-state index contributed by atoms with van der Waals surface area (Å²) < 4.78 is 1.87. The van der Waals surface area contributed by atoms with Crippen LogP contribution in [0.3, 0.4) is 0 Å². The minimum atomic E-state index is 0.298. The molecule has 1 aromatic rings. The summed E-state index contributed by atoms with van der Waals surface area (Å²) in [6, 6.07) is 0. The highest BCUT2D eigenvalue weighted by molar-refractivity contribution is 6.32. The van der Waals surface area contributed by atoms with Crippen LogP contribution in [0.1, 0.15) is 44.5 Å². The van der Waals surface area contributed by atoms with Gasteiger partial charge in [-0.3, -0.25) is 9.48 Å². The van der Waals surface area contributed by atoms with Gasteiger partial charge < -0.3 is 0 Å². The lowest BCUT2D eigenvalue weighted by molar-refractivity contribution is -0.118. The van der Waals surface area contributed by atoms with Crippen molar-refractivity contribution in [2.45, 2.75) is 52.5 Å². The summed E-state index contributed by atoms with van der Waals surface area (Å²) in [5, 5.41) is 5.12. The Kier molecular flexibility index (Phi) is 3.87. The topological polar surface area (TPSA) is 34.9 Å². The first kappa shape index (κ1) is 12.6. The highest BCUT2D eigenvalue weighted by Crippen LogP contribution is 2.33. The number of Topliss-reactive ketones (excluding diaryl/α,β-unsaturated/α-hetero) is 1. The molecule has 0 atom stereocenters. The van der Waals surface area contributed by atoms with E-state index in [1.807, 2.05) is 18.5 Å². The summed E-state index contributed by atoms with van der Waals surface area (Å²) in [7, 11) is 0. The average molecular weight is 255 g/mol. The number of hydrogen-bond donors (Lipinski definition) is 0. The lowest BCUT2D eigenvalue weighted by atomic mass is 10.1. The number of carbonyl (C=O) groups excluding carboxylic acids is 1. The van der Waals surface area contributed by atoms with E-state index in [1.54, 1.807) is 0 Å². The zero-order valence-corrected chi connectivity index (χ0v) is 11.3. The van der Waals surface area contributed by atoms with Crippen LogP contribution in [0, 0.1) is 5.92 Å². The normalized spacial score (nSPS) is 15.2. The Morgan fingerprint density at radius 3 is 2.71 bits per heavy atom. The quantitative estimate of drug-likeness (QED) is 0.782. The van der Waals surface area contributed by atoms with E-state index in [1.165, 1.54) is 12.8 Å². The fourth-order valence-corrected chi connectivity index (χ4v) is 2.42. The fourth-order valence-electron chi connectivity index (χ4n) is 2.09. The minimum Gasteiger partial charge on any atom is -0.299 e. The van der Waals surface area contributed by atoms with E-state index in [9.17, 15) is 4.79 Å². The molecule has 4 heteroatoms. The maximum atomic E-state index is 11.9. The molecule has 1 fully saturated rings. The third-order valence-electron chi connectivity index (χ3n) is 3.27. The fraction of sp³-hybridized carbons (Fsp3) is 0.692. The van der Waals surface area contributed by atoms with Crippen molar-refractivity contribution in [3.8, 4) is 0 Å². The number of ketones is 1. The number of halogens is 1. The van der Waals surface area contributed by atoms with Crippen molar-refractivity contribution < 1.29 is 4.79 Å². The van der Waals surface area contributed by atoms with Gasteiger partial charge in [0.1, 0.15) is 5.78 Å². The van der Waals surface area contributed by atoms with Gasteiger partial charge >= 0.3 is 0 Å². The molecule has 0 aliphatic heterocycles. The Morgan fingerprint density at radius 2 is 2.18 bits per heavy atom. The zero-order chi connectivity index (χ0) is 12.4. The molecule has 0 N–H and O–H groups in total. The largest absolute Gasteiger partial charge is 0.299 e. The number of aromatic nitrogens is 2. The molecule has 2 rings (SSSR count). The second-order valence-corrected chi connectivity index (χ2v) is 5.12. The minimum absolute atomic E-state index is 0.298. The van der Waals surface area contributed by atoms with E-state index in [0.29, 0.717) is 29.6 Å². The van der Waals surface area contributed by atoms with Crippen molar-refractivity contribution in [2.75, 3.05) is 0 Å². The molecule has 3 nitrogen and oxygen atoms in total. The second-order valence-electron chi connectivity index (χ2n) is 4.74. The lowest BCUT2D eigenvalue weighted by Gasteiger charge is -2.04. The van der Waals surface area contributed by atoms with E-state index in [0.717, 1.165) is 24.4 Å². The molecular weight excluding hydrogens is 236 g/mol. The molecule has 1 aliphatic rings. The Bertz CT molecular complexity index is 421. The van der Waals surface area contributed by atoms with Crippen LogP contribution < -0.4 is 0 Å². The van der Waals surface area contributed by atoms with E-state index >= 15 is 0 Å². The van der Waals surface area contributed by atoms with E-state index in [2.05, 4.69) is 5.10 Å². The Morgan fingerprint density at radius 1 is 1.47 bits per heavy atom. The van der Waals surface area contributed by atoms with Crippen LogP contribution in [0.15, 0.2) is 0 Å². The summed E-state index contributed by atoms with van der Waals surface area (Å²) in [6.45, 7) is 4.83. The first-order valence-electron chi connectivity index (χ1n) is 6.41. The lowest BCUT2D eigenvalue weighted by Crippen LogP contribution is -2.10. The van der Waals surface area contributed by atoms with E-state index < -0.39 is 0 Å². The van der Waals surface area contributed by atoms with Crippen LogP contribution in [-0.4, -0.2) is 15.6 Å². The van der Waals surface area contributed by atoms with Crippen LogP contribution in [0.4, 0.5) is 0 Å². The highest BCUT2D eigenvalue weighted by atomic mass is 35.5. The van der Waals surface area contributed by atoms with Crippen LogP contribution in [0.2, 0.25) is 5.02 Å². The van der Waals surface area contributed by atoms with Crippen molar-refractivity contribution in [3.05, 3.63) is 16.4 Å². The number of nitrogens with zero attached hydrogens (tertiary/aromatic N) is 2. The number of carbonyl (C=O) groups is 1. The predicted octanol–water partition coefficient (Wildman–Crippen LogP) is 3.03. The van der Waals surface area contributed by atoms with Crippen LogP contribution >= 0.6 is 11.6 Å². The summed E-state index contributed by atoms with van der Waals surface area (Å²) in [4.78, 5) is 11.9. The van der Waals surface area contributed by atoms with Gasteiger partial charge in [-0.15, -0.1) is 0 Å². The highest BCUT2D eigenvalue weighted by Gasteiger charge is 2.25. The van der Waals surface area contributed by atoms with Crippen molar-refractivity contribution in [1.82, 2.24) is 9.78 Å². The standard InChI is InChI=1S/C13H19ClN2O/c1-3-11-13(14)12(16(4-2)15-11)8-10(17)7-9-5-6-9/h9H,3-8H2,1-2H3. The third kappa shape index (κ3) is 2.89. The second kappa shape index (κ2) is 5.21. The Hall–Kier alpha value is -0.830. The van der Waals surface area contributed by atoms with Gasteiger partial charge in [0.2, 0.25) is 0 Å². The number of rotatable bonds is 6. The van der Waals surface area contributed by atoms with E-state index in [-0.39, 0.29) is 0 Å². The van der Waals surface area contributed by atoms with Gasteiger partial charge in [-0.1, -0.05) is 18.5 Å². The maximum absolute atomic E-state index is 11.9. The molecule has 0 spiro atoms. The summed E-state index contributed by atoms with van der Waals surface area (Å²) in [5.74, 6) is 0.941. The molecular formula is C13H19ClN2O. The summed E-state index contributed by atoms with van der Waals surface area (Å²) >= 11 is 6.27. The van der Waals surface area contributed by atoms with Gasteiger partial charge in [0.05, 0.1) is 16.4 Å². The molecule has 1 aromatic heterocycles. The molecule has 1 heterocycles. The average Bonchev–Trinajstić information content (AvgIpc) is 3.06. The van der Waals surface area contributed by atoms with E-state index in [4.69, 9.17) is 11.6 Å². The number of aryl methyl sites for hydroxylation is 2. The molecule has 0 amide bonds. The number of hydrogen-bond acceptors (Lipinski definition) is 2. The van der Waals surface area contributed by atoms with Crippen LogP contribution in [-0.2, 0) is 24.2 Å². The molecule has 1 aliphatic carbocycles. The predicted molar refractivity (Wildman–Crippen MR) is 68.3 cm³/mol. The molecule has 0 radical (unpaired) electrons. The SMILES string of the molecule is CCc1nn(CC)c(CC(=O)CC2CC2)c1Cl. The zero-order valence-electron chi connectivity index (χ0n) is 10.5. The molecule has 0 unspecified atom stereocenters. The van der Waals surface area contributed by atoms with Gasteiger partial charge in [-0.05, 0) is 32.1 Å². The summed E-state index contributed by atoms with van der Waals surface area (Å²) in [6.07, 6.45) is 4.40. The van der Waals surface area contributed by atoms with Crippen LogP contribution in [0.25, 0.3) is 0 Å². The summed E-state index contributed by atoms with van der Waals surface area (Å²) in [5.41, 5.74) is 1.81. The molecule has 0 saturated heterocycles. The maximum Gasteiger partial charge on any atom is 0.139 e. The van der Waals surface area contributed by atoms with Gasteiger partial charge in [-0.2, -0.15) is 5.10 Å².